The third kappa shape index (κ3) is 36.6. The van der Waals surface area contributed by atoms with Gasteiger partial charge in [-0.3, -0.25) is 14.5 Å². The number of nitrogens with zero attached hydrogens (tertiary/aromatic N) is 10. The SMILES string of the molecule is CC(CC(=O)O)N(C)C.CC(Cc1nc2cc(B3OC(C)(C)C(C)(C)O3)ccc2s1)N(C)C.CC(Cc1nc2cc(Br)ccc2s1)N(C)C.CC(Cc1nc2cc(C3=CC[C@H](C)CN3C(=O)OC(C)(C)C)ccc2s1)N(C)C.CCOC(=O)CC(C)N(C)C.C[C@H]1CC=C(OS(=O)(=O)C(F)(F)F)N(C(=O)OC(C)(C)C)C1.Cl.Nc1cc(Br)ccc1S. The summed E-state index contributed by atoms with van der Waals surface area (Å²) >= 11 is 16.2. The minimum absolute atomic E-state index is 0. The highest BCUT2D eigenvalue weighted by molar-refractivity contribution is 9.10. The van der Waals surface area contributed by atoms with Crippen molar-refractivity contribution >= 4 is 180 Å². The summed E-state index contributed by atoms with van der Waals surface area (Å²) < 4.78 is 97.0. The second-order valence-electron chi connectivity index (χ2n) is 34.4. The number of likely N-dealkylation sites (N-methyl/N-ethyl adjacent to an activating group) is 3. The van der Waals surface area contributed by atoms with E-state index in [9.17, 15) is 40.8 Å². The summed E-state index contributed by atoms with van der Waals surface area (Å²) in [4.78, 5) is 74.1. The van der Waals surface area contributed by atoms with Gasteiger partial charge >= 0.3 is 46.9 Å². The second kappa shape index (κ2) is 48.2. The minimum Gasteiger partial charge on any atom is -0.481 e. The van der Waals surface area contributed by atoms with Crippen LogP contribution in [0.1, 0.15) is 171 Å². The fourth-order valence-corrected chi connectivity index (χ4v) is 15.2. The van der Waals surface area contributed by atoms with E-state index in [2.05, 4.69) is 227 Å². The van der Waals surface area contributed by atoms with Gasteiger partial charge in [-0.15, -0.1) is 59.0 Å². The van der Waals surface area contributed by atoms with Gasteiger partial charge in [0.1, 0.15) is 11.2 Å². The Labute approximate surface area is 757 Å². The van der Waals surface area contributed by atoms with Crippen LogP contribution in [0.4, 0.5) is 28.4 Å². The summed E-state index contributed by atoms with van der Waals surface area (Å²) in [5.41, 5.74) is 4.73. The van der Waals surface area contributed by atoms with Gasteiger partial charge < -0.3 is 63.0 Å². The quantitative estimate of drug-likeness (QED) is 0.0122. The number of fused-ring (bicyclic) bond motifs is 3. The van der Waals surface area contributed by atoms with E-state index in [-0.39, 0.29) is 80.2 Å². The molecule has 3 N–H and O–H groups in total. The molecule has 0 spiro atoms. The van der Waals surface area contributed by atoms with Gasteiger partial charge in [-0.05, 0) is 278 Å². The predicted molar refractivity (Wildman–Crippen MR) is 501 cm³/mol. The maximum absolute atomic E-state index is 12.8. The average Bonchev–Trinajstić information content (AvgIpc) is 1.61. The van der Waals surface area contributed by atoms with Crippen LogP contribution in [0.25, 0.3) is 36.3 Å². The Hall–Kier alpha value is -5.77. The van der Waals surface area contributed by atoms with Crippen LogP contribution in [0.3, 0.4) is 0 Å². The maximum atomic E-state index is 12.8. The molecule has 678 valence electrons. The number of carboxylic acids is 1. The normalized spacial score (nSPS) is 17.1. The van der Waals surface area contributed by atoms with Crippen molar-refractivity contribution in [3.05, 3.63) is 120 Å². The molecule has 4 aromatic carbocycles. The fourth-order valence-electron chi connectivity index (χ4n) is 10.7. The average molecular weight is 1940 g/mol. The van der Waals surface area contributed by atoms with Crippen molar-refractivity contribution in [2.45, 2.75) is 233 Å². The minimum atomic E-state index is -5.84. The first-order valence-corrected chi connectivity index (χ1v) is 45.7. The third-order valence-corrected chi connectivity index (χ3v) is 25.3. The molecule has 5 unspecified atom stereocenters. The number of hydrogen-bond donors (Lipinski definition) is 3. The van der Waals surface area contributed by atoms with Gasteiger partial charge in [0, 0.05) is 87.7 Å². The number of thiol groups is 1. The third-order valence-electron chi connectivity index (χ3n) is 19.8. The number of esters is 1. The Bertz CT molecular complexity index is 4660. The van der Waals surface area contributed by atoms with Crippen LogP contribution in [-0.2, 0) is 66.7 Å². The number of nitrogen functional groups attached to an aromatic ring is 1. The van der Waals surface area contributed by atoms with Crippen LogP contribution in [0.5, 0.6) is 0 Å². The Balaban J connectivity index is 0.000000379. The number of carbonyl (C=O) groups is 4. The van der Waals surface area contributed by atoms with E-state index in [1.54, 1.807) is 66.6 Å². The van der Waals surface area contributed by atoms with E-state index in [1.807, 2.05) is 97.7 Å². The molecule has 2 amide bonds. The molecule has 1 fully saturated rings. The van der Waals surface area contributed by atoms with Gasteiger partial charge in [-0.25, -0.2) is 29.4 Å². The van der Waals surface area contributed by atoms with E-state index in [4.69, 9.17) is 44.3 Å². The van der Waals surface area contributed by atoms with Crippen molar-refractivity contribution in [1.29, 1.82) is 0 Å². The zero-order valence-electron chi connectivity index (χ0n) is 75.5. The number of ether oxygens (including phenoxy) is 3. The number of rotatable bonds is 20. The van der Waals surface area contributed by atoms with Gasteiger partial charge in [-0.1, -0.05) is 63.9 Å². The van der Waals surface area contributed by atoms with E-state index < -0.39 is 44.8 Å². The van der Waals surface area contributed by atoms with E-state index in [0.717, 1.165) is 88.8 Å². The number of carbonyl (C=O) groups excluding carboxylic acids is 3. The van der Waals surface area contributed by atoms with Crippen molar-refractivity contribution in [2.24, 2.45) is 11.8 Å². The molecule has 24 nitrogen and oxygen atoms in total. The van der Waals surface area contributed by atoms with Crippen LogP contribution in [0.15, 0.2) is 105 Å². The summed E-state index contributed by atoms with van der Waals surface area (Å²) in [6.07, 6.45) is 6.87. The molecule has 0 bridgehead atoms. The molecule has 3 aromatic heterocycles. The lowest BCUT2D eigenvalue weighted by atomic mass is 9.79. The summed E-state index contributed by atoms with van der Waals surface area (Å²) in [6.45, 7) is 36.2. The first-order chi connectivity index (χ1) is 55.2. The first kappa shape index (κ1) is 109. The highest BCUT2D eigenvalue weighted by atomic mass is 79.9. The molecule has 0 aliphatic carbocycles. The number of benzene rings is 4. The standard InChI is InChI=1S/C23H33N3O2S.C18H27BN2O2S.C12H15BrN2S.C12H18F3NO5S.C8H17NO2.C6H6BrNS.C6H13NO2.ClH/c1-15-8-10-19(26(14-15)22(27)28-23(3,4)5)17-9-11-20-18(13-17)24-21(29-20)12-16(2)25(6)7;1-12(21(6)7)10-16-20-14-11-13(8-9-15(14)24-16)19-22-17(2,3)18(4,5)23-19;1-8(15(2)3)6-12-14-10-7-9(13)4-5-11(10)16-12;1-8-5-6-9(21-22(18,19)12(13,14)15)16(7-8)10(17)20-11(2,3)4;1-5-11-8(10)6-7(2)9(3)4;7-4-1-2-6(9)5(8)3-4;1-5(7(2)3)4-6(8)9;/h9-11,13,15-16H,8,12,14H2,1-7H3;8-9,11-12H,10H2,1-7H3;4-5,7-8H,6H2,1-3H3;6,8H,5,7H2,1-4H3;7H,5-6H2,1-4H3;1-3,9H,8H2;5H,4H2,1-3H3,(H,8,9);1H/t15-,16?;;;8-;;;;/m0..0..../s1. The molecule has 1 saturated heterocycles. The number of allylic oxidation sites excluding steroid dienone is 2. The number of thiazole rings is 3. The molecule has 0 saturated carbocycles. The second-order valence-corrected chi connectivity index (χ2v) is 41.6. The van der Waals surface area contributed by atoms with Gasteiger partial charge in [0.2, 0.25) is 5.88 Å². The number of aliphatic carboxylic acids is 1. The summed E-state index contributed by atoms with van der Waals surface area (Å²) in [7, 11) is 14.1. The van der Waals surface area contributed by atoms with Gasteiger partial charge in [0.25, 0.3) is 0 Å². The van der Waals surface area contributed by atoms with Crippen molar-refractivity contribution in [3.63, 3.8) is 0 Å². The maximum Gasteiger partial charge on any atom is 0.534 e. The van der Waals surface area contributed by atoms with Crippen LogP contribution in [-0.4, -0.2) is 242 Å². The van der Waals surface area contributed by atoms with Crippen molar-refractivity contribution in [1.82, 2.24) is 49.3 Å². The number of hydrogen-bond acceptors (Lipinski definition) is 25. The summed E-state index contributed by atoms with van der Waals surface area (Å²) in [6, 6.07) is 26.4. The van der Waals surface area contributed by atoms with Crippen LogP contribution in [0, 0.1) is 11.8 Å². The zero-order valence-corrected chi connectivity index (χ0v) is 83.7. The zero-order chi connectivity index (χ0) is 91.2. The number of nitrogens with two attached hydrogens (primary N) is 1. The van der Waals surface area contributed by atoms with Gasteiger partial charge in [0.05, 0.1) is 82.0 Å². The fraction of sp³-hybridized carbons (Fsp3) is 0.588. The van der Waals surface area contributed by atoms with Gasteiger partial charge in [0.15, 0.2) is 0 Å². The lowest BCUT2D eigenvalue weighted by molar-refractivity contribution is -0.144. The summed E-state index contributed by atoms with van der Waals surface area (Å²) in [5.74, 6) is -1.21. The molecule has 3 aliphatic heterocycles. The molecule has 3 aliphatic rings. The number of anilines is 1. The highest BCUT2D eigenvalue weighted by Crippen LogP contribution is 2.39. The van der Waals surface area contributed by atoms with Crippen molar-refractivity contribution < 1.29 is 73.6 Å². The number of carboxylic acid groups (broad SMARTS) is 1. The molecule has 0 radical (unpaired) electrons. The molecule has 10 rings (SSSR count). The predicted octanol–water partition coefficient (Wildman–Crippen LogP) is 19.1. The molecule has 6 heterocycles. The smallest absolute Gasteiger partial charge is 0.481 e. The monoisotopic (exact) mass is 1930 g/mol. The van der Waals surface area contributed by atoms with Crippen LogP contribution < -0.4 is 11.2 Å². The molecule has 121 heavy (non-hydrogen) atoms. The summed E-state index contributed by atoms with van der Waals surface area (Å²) in [5, 5.41) is 11.8. The lowest BCUT2D eigenvalue weighted by Crippen LogP contribution is -2.42. The lowest BCUT2D eigenvalue weighted by Gasteiger charge is -2.33. The Morgan fingerprint density at radius 1 is 0.612 bits per heavy atom. The number of amides is 2. The van der Waals surface area contributed by atoms with E-state index in [0.29, 0.717) is 49.3 Å². The van der Waals surface area contributed by atoms with Crippen LogP contribution in [0.2, 0.25) is 0 Å². The number of aromatic nitrogens is 3. The Morgan fingerprint density at radius 2 is 1.00 bits per heavy atom. The topological polar surface area (TPSA) is 265 Å². The molecule has 7 atom stereocenters. The Morgan fingerprint density at radius 3 is 1.40 bits per heavy atom. The molecular weight excluding hydrogens is 1810 g/mol. The highest BCUT2D eigenvalue weighted by Gasteiger charge is 2.52. The van der Waals surface area contributed by atoms with Crippen molar-refractivity contribution in [3.8, 4) is 0 Å². The van der Waals surface area contributed by atoms with Crippen LogP contribution >= 0.6 is 90.9 Å². The van der Waals surface area contributed by atoms with E-state index in [1.165, 1.54) is 24.1 Å². The van der Waals surface area contributed by atoms with Crippen molar-refractivity contribution in [2.75, 3.05) is 95.9 Å². The molecular formula is C85H130BBr2ClF3N11O13S5. The number of alkyl halides is 3. The molecule has 36 heteroatoms. The largest absolute Gasteiger partial charge is 0.534 e. The van der Waals surface area contributed by atoms with E-state index >= 15 is 0 Å². The van der Waals surface area contributed by atoms with Gasteiger partial charge in [-0.2, -0.15) is 21.6 Å². The number of halogens is 6. The Kier molecular flexibility index (Phi) is 43.6. The first-order valence-electron chi connectivity index (χ1n) is 39.8. The molecule has 7 aromatic rings.